The van der Waals surface area contributed by atoms with Crippen LogP contribution < -0.4 is 0 Å². The van der Waals surface area contributed by atoms with Crippen LogP contribution in [-0.4, -0.2) is 22.2 Å². The molecule has 0 amide bonds. The Labute approximate surface area is 123 Å². The van der Waals surface area contributed by atoms with Gasteiger partial charge < -0.3 is 15.3 Å². The van der Waals surface area contributed by atoms with Crippen molar-refractivity contribution in [2.75, 3.05) is 0 Å². The molecule has 1 aromatic rings. The molecule has 1 aliphatic carbocycles. The number of benzene rings is 1. The average molecular weight is 284 g/mol. The van der Waals surface area contributed by atoms with Crippen molar-refractivity contribution < 1.29 is 20.1 Å². The zero-order valence-corrected chi connectivity index (χ0v) is 11.4. The number of rotatable bonds is 2. The smallest absolute Gasteiger partial charge is 0.336 e. The first-order valence-electron chi connectivity index (χ1n) is 6.48. The van der Waals surface area contributed by atoms with Crippen LogP contribution in [0.15, 0.2) is 47.7 Å². The van der Waals surface area contributed by atoms with Crippen molar-refractivity contribution in [2.45, 2.75) is 24.9 Å². The van der Waals surface area contributed by atoms with Gasteiger partial charge in [-0.1, -0.05) is 30.3 Å². The minimum Gasteiger partial charge on any atom is -0.423 e. The van der Waals surface area contributed by atoms with Crippen LogP contribution in [0.1, 0.15) is 24.8 Å². The summed E-state index contributed by atoms with van der Waals surface area (Å²) in [6, 6.07) is 9.62. The fourth-order valence-electron chi connectivity index (χ4n) is 2.80. The first kappa shape index (κ1) is 15.0. The molecule has 0 saturated carbocycles. The third-order valence-electron chi connectivity index (χ3n) is 3.64. The molecule has 1 aromatic carbocycles. The van der Waals surface area contributed by atoms with E-state index in [9.17, 15) is 9.90 Å². The molecule has 0 bridgehead atoms. The quantitative estimate of drug-likeness (QED) is 0.662. The summed E-state index contributed by atoms with van der Waals surface area (Å²) >= 11 is 0. The van der Waals surface area contributed by atoms with Crippen molar-refractivity contribution in [3.8, 4) is 12.3 Å². The summed E-state index contributed by atoms with van der Waals surface area (Å²) in [7, 11) is 0. The van der Waals surface area contributed by atoms with Crippen molar-refractivity contribution >= 4 is 11.5 Å². The van der Waals surface area contributed by atoms with Crippen molar-refractivity contribution in [1.29, 1.82) is 0 Å². The van der Waals surface area contributed by atoms with Crippen LogP contribution in [0.3, 0.4) is 0 Å². The van der Waals surface area contributed by atoms with Crippen molar-refractivity contribution in [3.05, 3.63) is 53.3 Å². The van der Waals surface area contributed by atoms with Crippen LogP contribution in [0.4, 0.5) is 0 Å². The number of carbonyl (C=O) groups excluding carboxylic acids is 1. The van der Waals surface area contributed by atoms with E-state index in [1.807, 2.05) is 30.3 Å². The zero-order chi connectivity index (χ0) is 14.2. The highest BCUT2D eigenvalue weighted by Gasteiger charge is 2.40. The number of hydrogen-bond acceptors (Lipinski definition) is 3. The first-order valence-corrected chi connectivity index (χ1v) is 6.48. The predicted molar refractivity (Wildman–Crippen MR) is 78.8 cm³/mol. The lowest BCUT2D eigenvalue weighted by molar-refractivity contribution is -0.132. The van der Waals surface area contributed by atoms with Gasteiger partial charge in [-0.05, 0) is 5.56 Å². The highest BCUT2D eigenvalue weighted by atomic mass is 16.5. The van der Waals surface area contributed by atoms with Gasteiger partial charge in [-0.15, -0.1) is 12.3 Å². The molecule has 1 heterocycles. The Balaban J connectivity index is 0.00000161. The zero-order valence-electron chi connectivity index (χ0n) is 11.4. The maximum Gasteiger partial charge on any atom is 0.336 e. The van der Waals surface area contributed by atoms with Crippen LogP contribution in [0.25, 0.3) is 5.57 Å². The van der Waals surface area contributed by atoms with E-state index in [1.54, 1.807) is 0 Å². The Hall–Kier alpha value is -2.35. The predicted octanol–water partition coefficient (Wildman–Crippen LogP) is 1.60. The van der Waals surface area contributed by atoms with Gasteiger partial charge in [0.2, 0.25) is 0 Å². The third kappa shape index (κ3) is 2.75. The van der Waals surface area contributed by atoms with Gasteiger partial charge >= 0.3 is 5.97 Å². The lowest BCUT2D eigenvalue weighted by atomic mass is 9.77. The van der Waals surface area contributed by atoms with E-state index < -0.39 is 5.60 Å². The van der Waals surface area contributed by atoms with Crippen LogP contribution in [-0.2, 0) is 9.53 Å². The lowest BCUT2D eigenvalue weighted by Crippen LogP contribution is -2.32. The van der Waals surface area contributed by atoms with E-state index in [0.29, 0.717) is 18.6 Å². The second kappa shape index (κ2) is 5.57. The first-order chi connectivity index (χ1) is 9.61. The highest BCUT2D eigenvalue weighted by Crippen LogP contribution is 2.44. The number of fused-ring (bicyclic) bond motifs is 1. The fourth-order valence-corrected chi connectivity index (χ4v) is 2.80. The minimum absolute atomic E-state index is 0. The molecule has 0 saturated heterocycles. The summed E-state index contributed by atoms with van der Waals surface area (Å²) in [6.45, 7) is 0. The molecule has 1 atom stereocenters. The molecule has 0 aromatic heterocycles. The van der Waals surface area contributed by atoms with E-state index >= 15 is 0 Å². The maximum absolute atomic E-state index is 11.5. The topological polar surface area (TPSA) is 78.0 Å². The monoisotopic (exact) mass is 284 g/mol. The summed E-state index contributed by atoms with van der Waals surface area (Å²) < 4.78 is 5.29. The van der Waals surface area contributed by atoms with E-state index in [1.165, 1.54) is 6.08 Å². The van der Waals surface area contributed by atoms with Crippen molar-refractivity contribution in [2.24, 2.45) is 0 Å². The number of hydrogen-bond donors (Lipinski definition) is 1. The molecule has 4 nitrogen and oxygen atoms in total. The molecule has 1 aliphatic heterocycles. The van der Waals surface area contributed by atoms with Gasteiger partial charge in [-0.25, -0.2) is 4.79 Å². The third-order valence-corrected chi connectivity index (χ3v) is 3.64. The molecule has 21 heavy (non-hydrogen) atoms. The molecule has 4 heteroatoms. The minimum atomic E-state index is -1.01. The molecule has 2 aliphatic rings. The Morgan fingerprint density at radius 2 is 2.00 bits per heavy atom. The summed E-state index contributed by atoms with van der Waals surface area (Å²) in [6.07, 6.45) is 7.79. The molecule has 3 rings (SSSR count). The second-order valence-electron chi connectivity index (χ2n) is 5.22. The largest absolute Gasteiger partial charge is 0.423 e. The van der Waals surface area contributed by atoms with Gasteiger partial charge in [0.05, 0.1) is 5.60 Å². The van der Waals surface area contributed by atoms with Crippen LogP contribution >= 0.6 is 0 Å². The molecular formula is C17H16O4. The number of esters is 1. The Morgan fingerprint density at radius 1 is 1.29 bits per heavy atom. The number of allylic oxidation sites excluding steroid dienone is 1. The van der Waals surface area contributed by atoms with Crippen molar-refractivity contribution in [1.82, 2.24) is 0 Å². The van der Waals surface area contributed by atoms with Gasteiger partial charge in [0.1, 0.15) is 5.76 Å². The van der Waals surface area contributed by atoms with Crippen LogP contribution in [0.5, 0.6) is 0 Å². The van der Waals surface area contributed by atoms with E-state index in [4.69, 9.17) is 11.2 Å². The van der Waals surface area contributed by atoms with Crippen LogP contribution in [0.2, 0.25) is 0 Å². The van der Waals surface area contributed by atoms with Crippen LogP contribution in [0, 0.1) is 12.3 Å². The molecular weight excluding hydrogens is 268 g/mol. The van der Waals surface area contributed by atoms with E-state index in [0.717, 1.165) is 16.7 Å². The molecule has 0 fully saturated rings. The fraction of sp³-hybridized carbons (Fsp3) is 0.235. The van der Waals surface area contributed by atoms with Crippen molar-refractivity contribution in [3.63, 3.8) is 0 Å². The molecule has 0 radical (unpaired) electrons. The normalized spacial score (nSPS) is 23.6. The number of ether oxygens (including phenoxy) is 1. The van der Waals surface area contributed by atoms with Gasteiger partial charge in [-0.3, -0.25) is 0 Å². The Kier molecular flexibility index (Phi) is 3.99. The highest BCUT2D eigenvalue weighted by molar-refractivity contribution is 5.92. The summed E-state index contributed by atoms with van der Waals surface area (Å²) in [5.74, 6) is 2.72. The SMILES string of the molecule is C#CC[C@@]1(O)CC2=CC(=O)OC2=C(c2ccccc2)C1.O. The second-order valence-corrected chi connectivity index (χ2v) is 5.22. The Bertz CT molecular complexity index is 664. The lowest BCUT2D eigenvalue weighted by Gasteiger charge is -2.33. The number of terminal acetylenes is 1. The van der Waals surface area contributed by atoms with E-state index in [2.05, 4.69) is 5.92 Å². The Morgan fingerprint density at radius 3 is 2.67 bits per heavy atom. The number of aliphatic hydroxyl groups is 1. The van der Waals surface area contributed by atoms with Gasteiger partial charge in [-0.2, -0.15) is 0 Å². The van der Waals surface area contributed by atoms with Gasteiger partial charge in [0.25, 0.3) is 0 Å². The average Bonchev–Trinajstić information content (AvgIpc) is 2.78. The summed E-state index contributed by atoms with van der Waals surface area (Å²) in [4.78, 5) is 11.5. The molecule has 0 spiro atoms. The van der Waals surface area contributed by atoms with E-state index in [-0.39, 0.29) is 17.9 Å². The van der Waals surface area contributed by atoms with Gasteiger partial charge in [0.15, 0.2) is 0 Å². The van der Waals surface area contributed by atoms with Gasteiger partial charge in [0, 0.05) is 36.5 Å². The summed E-state index contributed by atoms with van der Waals surface area (Å²) in [5, 5.41) is 10.7. The molecule has 3 N–H and O–H groups in total. The standard InChI is InChI=1S/C17H14O3.H2O/c1-2-8-17(19)10-13-9-15(18)20-16(13)14(11-17)12-6-4-3-5-7-12;/h1,3-7,9,19H,8,10-11H2;1H2/t17-;/m1./s1. The summed E-state index contributed by atoms with van der Waals surface area (Å²) in [5.41, 5.74) is 1.51. The molecule has 108 valence electrons. The number of carbonyl (C=O) groups is 1. The molecule has 0 unspecified atom stereocenters. The maximum atomic E-state index is 11.5.